The second-order valence-electron chi connectivity index (χ2n) is 6.38. The third-order valence-electron chi connectivity index (χ3n) is 4.51. The van der Waals surface area contributed by atoms with E-state index in [9.17, 15) is 0 Å². The molecule has 0 amide bonds. The van der Waals surface area contributed by atoms with Crippen LogP contribution >= 0.6 is 0 Å². The fraction of sp³-hybridized carbons (Fsp3) is 0. The molecule has 148 valence electrons. The van der Waals surface area contributed by atoms with Crippen molar-refractivity contribution < 1.29 is 25.6 Å². The van der Waals surface area contributed by atoms with Crippen molar-refractivity contribution in [3.05, 3.63) is 110 Å². The maximum Gasteiger partial charge on any atom is 2.00 e. The van der Waals surface area contributed by atoms with Crippen LogP contribution in [0.4, 0.5) is 17.1 Å². The van der Waals surface area contributed by atoms with Gasteiger partial charge in [0.2, 0.25) is 0 Å². The monoisotopic (exact) mass is 571 g/mol. The van der Waals surface area contributed by atoms with Crippen LogP contribution in [0.1, 0.15) is 0 Å². The number of rotatable bonds is 5. The average Bonchev–Trinajstić information content (AvgIpc) is 3.50. The summed E-state index contributed by atoms with van der Waals surface area (Å²) < 4.78 is 6.79. The molecule has 5 rings (SSSR count). The molecule has 0 aliphatic heterocycles. The van der Waals surface area contributed by atoms with E-state index in [1.807, 2.05) is 72.9 Å². The zero-order valence-electron chi connectivity index (χ0n) is 15.8. The average molecular weight is 571 g/mol. The Bertz CT molecular complexity index is 1130. The molecular formula is C24H16N4OPt. The maximum atomic E-state index is 5.00. The van der Waals surface area contributed by atoms with Gasteiger partial charge in [0.25, 0.3) is 0 Å². The molecule has 0 aliphatic carbocycles. The SMILES string of the molecule is [Pt+2].[c-]1c(-c2ccon2)cccc1N(c1[c-]c(-n2cccn2)ccc1)c1ccccc1. The molecule has 0 bridgehead atoms. The summed E-state index contributed by atoms with van der Waals surface area (Å²) in [4.78, 5) is 2.11. The molecule has 0 spiro atoms. The molecule has 0 fully saturated rings. The van der Waals surface area contributed by atoms with E-state index in [1.165, 1.54) is 0 Å². The minimum atomic E-state index is 0. The van der Waals surface area contributed by atoms with Crippen LogP contribution in [0.3, 0.4) is 0 Å². The van der Waals surface area contributed by atoms with Crippen molar-refractivity contribution >= 4 is 17.1 Å². The number of para-hydroxylation sites is 1. The van der Waals surface area contributed by atoms with Gasteiger partial charge in [-0.15, -0.1) is 53.2 Å². The van der Waals surface area contributed by atoms with Crippen LogP contribution in [0.15, 0.2) is 102 Å². The predicted molar refractivity (Wildman–Crippen MR) is 111 cm³/mol. The molecule has 5 aromatic rings. The zero-order valence-corrected chi connectivity index (χ0v) is 18.0. The first-order valence-electron chi connectivity index (χ1n) is 9.19. The van der Waals surface area contributed by atoms with Gasteiger partial charge in [0.05, 0.1) is 0 Å². The molecule has 0 radical (unpaired) electrons. The number of nitrogens with zero attached hydrogens (tertiary/aromatic N) is 4. The zero-order chi connectivity index (χ0) is 19.5. The number of aromatic nitrogens is 3. The van der Waals surface area contributed by atoms with E-state index in [0.717, 1.165) is 34.0 Å². The van der Waals surface area contributed by atoms with Gasteiger partial charge in [-0.05, 0) is 35.6 Å². The second kappa shape index (κ2) is 8.93. The van der Waals surface area contributed by atoms with Gasteiger partial charge in [0.15, 0.2) is 0 Å². The Balaban J connectivity index is 0.00000218. The van der Waals surface area contributed by atoms with E-state index in [1.54, 1.807) is 17.1 Å². The van der Waals surface area contributed by atoms with E-state index in [0.29, 0.717) is 0 Å². The minimum absolute atomic E-state index is 0. The van der Waals surface area contributed by atoms with Crippen molar-refractivity contribution in [1.82, 2.24) is 14.9 Å². The van der Waals surface area contributed by atoms with Gasteiger partial charge >= 0.3 is 21.1 Å². The molecule has 3 aromatic carbocycles. The second-order valence-corrected chi connectivity index (χ2v) is 6.38. The van der Waals surface area contributed by atoms with Crippen LogP contribution in [0.5, 0.6) is 0 Å². The summed E-state index contributed by atoms with van der Waals surface area (Å²) in [6.07, 6.45) is 5.22. The van der Waals surface area contributed by atoms with E-state index < -0.39 is 0 Å². The van der Waals surface area contributed by atoms with Gasteiger partial charge < -0.3 is 9.42 Å². The van der Waals surface area contributed by atoms with Crippen molar-refractivity contribution in [2.45, 2.75) is 0 Å². The summed E-state index contributed by atoms with van der Waals surface area (Å²) in [5, 5.41) is 8.36. The Morgan fingerprint density at radius 1 is 0.800 bits per heavy atom. The van der Waals surface area contributed by atoms with Crippen molar-refractivity contribution in [3.8, 4) is 16.9 Å². The van der Waals surface area contributed by atoms with Crippen LogP contribution in [0.2, 0.25) is 0 Å². The molecule has 0 atom stereocenters. The maximum absolute atomic E-state index is 5.00. The van der Waals surface area contributed by atoms with Gasteiger partial charge in [-0.2, -0.15) is 11.2 Å². The molecule has 30 heavy (non-hydrogen) atoms. The summed E-state index contributed by atoms with van der Waals surface area (Å²) in [6, 6.07) is 32.8. The van der Waals surface area contributed by atoms with Gasteiger partial charge in [0, 0.05) is 23.8 Å². The smallest absolute Gasteiger partial charge is 0.375 e. The fourth-order valence-electron chi connectivity index (χ4n) is 3.19. The molecule has 6 heteroatoms. The van der Waals surface area contributed by atoms with Crippen LogP contribution < -0.4 is 4.90 Å². The first kappa shape index (κ1) is 19.9. The number of anilines is 3. The van der Waals surface area contributed by atoms with E-state index in [2.05, 4.69) is 39.4 Å². The molecule has 5 nitrogen and oxygen atoms in total. The van der Waals surface area contributed by atoms with Crippen molar-refractivity contribution in [3.63, 3.8) is 0 Å². The third kappa shape index (κ3) is 3.98. The Labute approximate surface area is 188 Å². The van der Waals surface area contributed by atoms with Crippen molar-refractivity contribution in [1.29, 1.82) is 0 Å². The van der Waals surface area contributed by atoms with E-state index in [4.69, 9.17) is 4.52 Å². The van der Waals surface area contributed by atoms with Crippen molar-refractivity contribution in [2.75, 3.05) is 4.90 Å². The van der Waals surface area contributed by atoms with E-state index in [-0.39, 0.29) is 21.1 Å². The standard InChI is InChI=1S/C24H16N4O.Pt/c1-2-8-20(9-3-1)28(22-11-4-7-19(17-22)24-13-16-29-26-24)23-12-5-10-21(18-23)27-15-6-14-25-27;/h1-16H;/q-2;+2. The molecule has 0 saturated carbocycles. The van der Waals surface area contributed by atoms with Crippen LogP contribution in [0.25, 0.3) is 16.9 Å². The molecular weight excluding hydrogens is 555 g/mol. The van der Waals surface area contributed by atoms with Crippen LogP contribution in [-0.2, 0) is 21.1 Å². The number of hydrogen-bond donors (Lipinski definition) is 0. The Morgan fingerprint density at radius 3 is 2.33 bits per heavy atom. The normalized spacial score (nSPS) is 10.4. The minimum Gasteiger partial charge on any atom is -0.375 e. The summed E-state index contributed by atoms with van der Waals surface area (Å²) >= 11 is 0. The molecule has 0 N–H and O–H groups in total. The summed E-state index contributed by atoms with van der Waals surface area (Å²) in [5.41, 5.74) is 5.24. The summed E-state index contributed by atoms with van der Waals surface area (Å²) in [5.74, 6) is 0. The first-order chi connectivity index (χ1) is 14.4. The largest absolute Gasteiger partial charge is 2.00 e. The molecule has 0 saturated heterocycles. The van der Waals surface area contributed by atoms with Gasteiger partial charge in [-0.1, -0.05) is 23.9 Å². The van der Waals surface area contributed by atoms with Crippen molar-refractivity contribution in [2.24, 2.45) is 0 Å². The van der Waals surface area contributed by atoms with E-state index >= 15 is 0 Å². The summed E-state index contributed by atoms with van der Waals surface area (Å²) in [7, 11) is 0. The van der Waals surface area contributed by atoms with Crippen LogP contribution in [0, 0.1) is 12.1 Å². The fourth-order valence-corrected chi connectivity index (χ4v) is 3.19. The predicted octanol–water partition coefficient (Wildman–Crippen LogP) is 5.59. The van der Waals surface area contributed by atoms with Gasteiger partial charge in [-0.25, -0.2) is 0 Å². The topological polar surface area (TPSA) is 47.1 Å². The molecule has 2 aromatic heterocycles. The molecule has 0 unspecified atom stereocenters. The Hall–Kier alpha value is -3.43. The number of benzene rings is 3. The molecule has 0 aliphatic rings. The van der Waals surface area contributed by atoms with Crippen LogP contribution in [-0.4, -0.2) is 14.9 Å². The quantitative estimate of drug-likeness (QED) is 0.258. The van der Waals surface area contributed by atoms with Gasteiger partial charge in [-0.3, -0.25) is 4.68 Å². The summed E-state index contributed by atoms with van der Waals surface area (Å²) in [6.45, 7) is 0. The van der Waals surface area contributed by atoms with Gasteiger partial charge in [0.1, 0.15) is 6.26 Å². The number of hydrogen-bond acceptors (Lipinski definition) is 4. The Kier molecular flexibility index (Phi) is 5.91. The molecule has 2 heterocycles. The first-order valence-corrected chi connectivity index (χ1v) is 9.19. The Morgan fingerprint density at radius 2 is 1.60 bits per heavy atom. The third-order valence-corrected chi connectivity index (χ3v) is 4.51.